The van der Waals surface area contributed by atoms with Gasteiger partial charge in [0.1, 0.15) is 21.6 Å². The van der Waals surface area contributed by atoms with E-state index in [2.05, 4.69) is 22.6 Å². The number of ether oxygens (including phenoxy) is 2. The molecule has 0 spiro atoms. The number of carbonyl (C=O) groups is 2. The van der Waals surface area contributed by atoms with Crippen LogP contribution < -0.4 is 9.47 Å². The van der Waals surface area contributed by atoms with Gasteiger partial charge in [-0.25, -0.2) is 18.0 Å². The molecule has 0 saturated carbocycles. The molecule has 2 aromatic carbocycles. The van der Waals surface area contributed by atoms with Crippen molar-refractivity contribution >= 4 is 89.8 Å². The Morgan fingerprint density at radius 2 is 1.24 bits per heavy atom. The first kappa shape index (κ1) is 24.5. The molecule has 0 saturated heterocycles. The molecule has 0 aliphatic carbocycles. The molecule has 0 N–H and O–H groups in total. The zero-order valence-electron chi connectivity index (χ0n) is 14.9. The molecular formula is C18H12I3O7S-. The van der Waals surface area contributed by atoms with E-state index in [1.165, 1.54) is 26.0 Å². The Labute approximate surface area is 208 Å². The van der Waals surface area contributed by atoms with Gasteiger partial charge in [-0.2, -0.15) is 0 Å². The molecule has 0 atom stereocenters. The smallest absolute Gasteiger partial charge is 0.339 e. The standard InChI is InChI=1S/C18H13I3O7S/c1-9(17(22)27-12-5-3-11(19)4-6-12)10(2)18(23)28-13-7-14(20)16(15(21)8-13)29(24,25)26/h3-8H,1-2H3,(H,24,25,26)/p-1/b10-9-. The van der Waals surface area contributed by atoms with Crippen LogP contribution in [0, 0.1) is 10.7 Å². The summed E-state index contributed by atoms with van der Waals surface area (Å²) in [6.45, 7) is 2.85. The van der Waals surface area contributed by atoms with Crippen molar-refractivity contribution in [2.45, 2.75) is 18.7 Å². The van der Waals surface area contributed by atoms with E-state index in [1.807, 2.05) is 0 Å². The highest BCUT2D eigenvalue weighted by atomic mass is 127. The van der Waals surface area contributed by atoms with Crippen LogP contribution in [0.1, 0.15) is 13.8 Å². The summed E-state index contributed by atoms with van der Waals surface area (Å²) in [7, 11) is -4.66. The molecule has 0 radical (unpaired) electrons. The van der Waals surface area contributed by atoms with E-state index in [0.717, 1.165) is 3.57 Å². The van der Waals surface area contributed by atoms with Crippen molar-refractivity contribution in [2.24, 2.45) is 0 Å². The number of benzene rings is 2. The maximum Gasteiger partial charge on any atom is 0.339 e. The lowest BCUT2D eigenvalue weighted by atomic mass is 10.1. The quantitative estimate of drug-likeness (QED) is 0.148. The summed E-state index contributed by atoms with van der Waals surface area (Å²) in [6, 6.07) is 9.35. The van der Waals surface area contributed by atoms with E-state index in [9.17, 15) is 22.6 Å². The van der Waals surface area contributed by atoms with Gasteiger partial charge in [0.2, 0.25) is 0 Å². The monoisotopic (exact) mass is 753 g/mol. The number of hydrogen-bond acceptors (Lipinski definition) is 7. The molecule has 0 heterocycles. The number of halogens is 3. The molecule has 0 aliphatic heterocycles. The van der Waals surface area contributed by atoms with Gasteiger partial charge in [-0.3, -0.25) is 0 Å². The molecule has 29 heavy (non-hydrogen) atoms. The second-order valence-electron chi connectivity index (χ2n) is 5.65. The molecule has 7 nitrogen and oxygen atoms in total. The Balaban J connectivity index is 2.20. The molecule has 0 amide bonds. The molecule has 0 bridgehead atoms. The van der Waals surface area contributed by atoms with Gasteiger partial charge >= 0.3 is 11.9 Å². The Hall–Kier alpha value is -0.780. The lowest BCUT2D eigenvalue weighted by molar-refractivity contribution is -0.133. The van der Waals surface area contributed by atoms with Crippen molar-refractivity contribution in [3.63, 3.8) is 0 Å². The molecule has 154 valence electrons. The van der Waals surface area contributed by atoms with Gasteiger partial charge in [-0.05, 0) is 118 Å². The average Bonchev–Trinajstić information content (AvgIpc) is 2.60. The minimum absolute atomic E-state index is 0.0334. The Morgan fingerprint density at radius 1 is 0.828 bits per heavy atom. The molecule has 2 aromatic rings. The van der Waals surface area contributed by atoms with E-state index < -0.39 is 22.1 Å². The molecule has 0 fully saturated rings. The predicted octanol–water partition coefficient (Wildman–Crippen LogP) is 4.25. The number of carbonyl (C=O) groups excluding carboxylic acids is 2. The highest BCUT2D eigenvalue weighted by Crippen LogP contribution is 2.29. The van der Waals surface area contributed by atoms with E-state index >= 15 is 0 Å². The van der Waals surface area contributed by atoms with Crippen molar-refractivity contribution in [1.82, 2.24) is 0 Å². The van der Waals surface area contributed by atoms with Gasteiger partial charge in [0, 0.05) is 21.9 Å². The van der Waals surface area contributed by atoms with Crippen LogP contribution in [0.25, 0.3) is 0 Å². The second-order valence-corrected chi connectivity index (χ2v) is 10.5. The number of hydrogen-bond donors (Lipinski definition) is 0. The van der Waals surface area contributed by atoms with Crippen LogP contribution in [0.5, 0.6) is 11.5 Å². The summed E-state index contributed by atoms with van der Waals surface area (Å²) in [4.78, 5) is 24.3. The summed E-state index contributed by atoms with van der Waals surface area (Å²) < 4.78 is 45.7. The second kappa shape index (κ2) is 10.0. The summed E-state index contributed by atoms with van der Waals surface area (Å²) in [5, 5.41) is 0. The van der Waals surface area contributed by atoms with E-state index in [1.54, 1.807) is 69.4 Å². The predicted molar refractivity (Wildman–Crippen MR) is 129 cm³/mol. The highest BCUT2D eigenvalue weighted by molar-refractivity contribution is 14.1. The number of esters is 2. The number of rotatable bonds is 5. The third kappa shape index (κ3) is 6.60. The first-order chi connectivity index (χ1) is 13.4. The SMILES string of the molecule is C/C(C(=O)Oc1ccc(I)cc1)=C(\C)C(=O)Oc1cc(I)c(S(=O)(=O)[O-])c(I)c1. The topological polar surface area (TPSA) is 110 Å². The fraction of sp³-hybridized carbons (Fsp3) is 0.111. The molecule has 0 unspecified atom stereocenters. The van der Waals surface area contributed by atoms with Crippen LogP contribution in [0.3, 0.4) is 0 Å². The van der Waals surface area contributed by atoms with Gasteiger partial charge in [-0.1, -0.05) is 0 Å². The van der Waals surface area contributed by atoms with Crippen molar-refractivity contribution in [2.75, 3.05) is 0 Å². The summed E-state index contributed by atoms with van der Waals surface area (Å²) >= 11 is 5.48. The van der Waals surface area contributed by atoms with E-state index in [-0.39, 0.29) is 28.9 Å². The van der Waals surface area contributed by atoms with Gasteiger partial charge in [0.25, 0.3) is 0 Å². The highest BCUT2D eigenvalue weighted by Gasteiger charge is 2.19. The summed E-state index contributed by atoms with van der Waals surface area (Å²) in [6.07, 6.45) is 0. The van der Waals surface area contributed by atoms with Gasteiger partial charge in [-0.15, -0.1) is 0 Å². The molecular weight excluding hydrogens is 741 g/mol. The fourth-order valence-electron chi connectivity index (χ4n) is 2.01. The van der Waals surface area contributed by atoms with Crippen LogP contribution in [0.15, 0.2) is 52.4 Å². The molecule has 0 aliphatic rings. The lowest BCUT2D eigenvalue weighted by Crippen LogP contribution is -2.17. The normalized spacial score (nSPS) is 12.2. The van der Waals surface area contributed by atoms with Crippen LogP contribution in [-0.4, -0.2) is 24.9 Å². The Bertz CT molecular complexity index is 1080. The van der Waals surface area contributed by atoms with Crippen molar-refractivity contribution in [3.05, 3.63) is 58.3 Å². The first-order valence-electron chi connectivity index (χ1n) is 7.72. The third-order valence-corrected chi connectivity index (χ3v) is 7.72. The van der Waals surface area contributed by atoms with Crippen molar-refractivity contribution < 1.29 is 32.0 Å². The minimum atomic E-state index is -4.66. The molecule has 11 heteroatoms. The van der Waals surface area contributed by atoms with Crippen LogP contribution in [0.4, 0.5) is 0 Å². The summed E-state index contributed by atoms with van der Waals surface area (Å²) in [5.74, 6) is -1.10. The maximum absolute atomic E-state index is 12.4. The largest absolute Gasteiger partial charge is 0.744 e. The van der Waals surface area contributed by atoms with Crippen molar-refractivity contribution in [1.29, 1.82) is 0 Å². The molecule has 0 aromatic heterocycles. The van der Waals surface area contributed by atoms with E-state index in [0.29, 0.717) is 5.75 Å². The van der Waals surface area contributed by atoms with Crippen LogP contribution in [0.2, 0.25) is 0 Å². The Kier molecular flexibility index (Phi) is 8.46. The van der Waals surface area contributed by atoms with Crippen LogP contribution in [-0.2, 0) is 19.7 Å². The maximum atomic E-state index is 12.4. The fourth-order valence-corrected chi connectivity index (χ4v) is 6.29. The molecule has 2 rings (SSSR count). The lowest BCUT2D eigenvalue weighted by Gasteiger charge is -2.14. The van der Waals surface area contributed by atoms with Gasteiger partial charge in [0.15, 0.2) is 0 Å². The summed E-state index contributed by atoms with van der Waals surface area (Å²) in [5.41, 5.74) is 0.0998. The average molecular weight is 753 g/mol. The third-order valence-electron chi connectivity index (χ3n) is 3.63. The van der Waals surface area contributed by atoms with Crippen molar-refractivity contribution in [3.8, 4) is 11.5 Å². The van der Waals surface area contributed by atoms with Crippen LogP contribution >= 0.6 is 67.8 Å². The zero-order valence-corrected chi connectivity index (χ0v) is 22.2. The van der Waals surface area contributed by atoms with E-state index in [4.69, 9.17) is 9.47 Å². The first-order valence-corrected chi connectivity index (χ1v) is 12.4. The van der Waals surface area contributed by atoms with Gasteiger partial charge in [0.05, 0.1) is 4.90 Å². The zero-order chi connectivity index (χ0) is 21.9. The van der Waals surface area contributed by atoms with Gasteiger partial charge < -0.3 is 14.0 Å². The minimum Gasteiger partial charge on any atom is -0.744 e. The Morgan fingerprint density at radius 3 is 1.66 bits per heavy atom.